The van der Waals surface area contributed by atoms with Crippen LogP contribution in [0.5, 0.6) is 0 Å². The minimum absolute atomic E-state index is 0.0977. The minimum Gasteiger partial charge on any atom is -0.454 e. The van der Waals surface area contributed by atoms with Crippen molar-refractivity contribution in [3.8, 4) is 0 Å². The van der Waals surface area contributed by atoms with Crippen LogP contribution in [0.15, 0.2) is 29.2 Å². The SMILES string of the molecule is CCn1c(C)cc(C(=O)COC(=O)c2ccc3c(c2)NC(=O)[C@@H](C)S3)c1C. The molecular weight excluding hydrogens is 364 g/mol. The van der Waals surface area contributed by atoms with Gasteiger partial charge in [0.15, 0.2) is 6.61 Å². The fourth-order valence-corrected chi connectivity index (χ4v) is 4.13. The van der Waals surface area contributed by atoms with E-state index in [1.807, 2.05) is 38.3 Å². The molecule has 1 aliphatic rings. The van der Waals surface area contributed by atoms with Crippen molar-refractivity contribution in [1.29, 1.82) is 0 Å². The number of fused-ring (bicyclic) bond motifs is 1. The van der Waals surface area contributed by atoms with E-state index in [9.17, 15) is 14.4 Å². The number of anilines is 1. The molecule has 3 rings (SSSR count). The molecule has 6 nitrogen and oxygen atoms in total. The van der Waals surface area contributed by atoms with Crippen molar-refractivity contribution >= 4 is 35.1 Å². The lowest BCUT2D eigenvalue weighted by atomic mass is 10.1. The molecule has 2 heterocycles. The highest BCUT2D eigenvalue weighted by atomic mass is 32.2. The molecule has 0 saturated heterocycles. The number of amides is 1. The second-order valence-electron chi connectivity index (χ2n) is 6.49. The topological polar surface area (TPSA) is 77.4 Å². The van der Waals surface area contributed by atoms with E-state index in [-0.39, 0.29) is 23.5 Å². The summed E-state index contributed by atoms with van der Waals surface area (Å²) < 4.78 is 7.25. The van der Waals surface area contributed by atoms with Crippen molar-refractivity contribution < 1.29 is 19.1 Å². The molecule has 7 heteroatoms. The average Bonchev–Trinajstić information content (AvgIpc) is 2.93. The Morgan fingerprint density at radius 1 is 1.26 bits per heavy atom. The van der Waals surface area contributed by atoms with Gasteiger partial charge in [-0.15, -0.1) is 11.8 Å². The second-order valence-corrected chi connectivity index (χ2v) is 7.87. The number of nitrogens with one attached hydrogen (secondary N) is 1. The monoisotopic (exact) mass is 386 g/mol. The number of ketones is 1. The van der Waals surface area contributed by atoms with Crippen molar-refractivity contribution in [1.82, 2.24) is 4.57 Å². The van der Waals surface area contributed by atoms with E-state index in [2.05, 4.69) is 5.32 Å². The maximum absolute atomic E-state index is 12.4. The summed E-state index contributed by atoms with van der Waals surface area (Å²) in [6.45, 7) is 8.13. The summed E-state index contributed by atoms with van der Waals surface area (Å²) in [5, 5.41) is 2.61. The van der Waals surface area contributed by atoms with Crippen molar-refractivity contribution in [3.05, 3.63) is 46.8 Å². The normalized spacial score (nSPS) is 15.9. The highest BCUT2D eigenvalue weighted by Gasteiger charge is 2.24. The maximum Gasteiger partial charge on any atom is 0.338 e. The zero-order valence-electron chi connectivity index (χ0n) is 15.8. The summed E-state index contributed by atoms with van der Waals surface area (Å²) in [5.41, 5.74) is 3.34. The van der Waals surface area contributed by atoms with Gasteiger partial charge in [-0.3, -0.25) is 9.59 Å². The predicted molar refractivity (Wildman–Crippen MR) is 105 cm³/mol. The number of hydrogen-bond acceptors (Lipinski definition) is 5. The quantitative estimate of drug-likeness (QED) is 0.628. The molecule has 0 saturated carbocycles. The number of hydrogen-bond donors (Lipinski definition) is 1. The van der Waals surface area contributed by atoms with Gasteiger partial charge >= 0.3 is 5.97 Å². The van der Waals surface area contributed by atoms with Crippen LogP contribution in [0.25, 0.3) is 0 Å². The molecule has 0 spiro atoms. The molecule has 2 aromatic rings. The molecule has 1 aromatic heterocycles. The molecule has 27 heavy (non-hydrogen) atoms. The van der Waals surface area contributed by atoms with Crippen LogP contribution in [0, 0.1) is 13.8 Å². The molecule has 1 aliphatic heterocycles. The minimum atomic E-state index is -0.590. The van der Waals surface area contributed by atoms with E-state index in [1.165, 1.54) is 11.8 Å². The number of Topliss-reactive ketones (excluding diaryl/α,β-unsaturated/α-hetero) is 1. The molecule has 0 fully saturated rings. The second kappa shape index (κ2) is 7.60. The molecule has 0 unspecified atom stereocenters. The summed E-state index contributed by atoms with van der Waals surface area (Å²) in [7, 11) is 0. The Kier molecular flexibility index (Phi) is 5.41. The molecule has 1 N–H and O–H groups in total. The molecule has 0 radical (unpaired) electrons. The molecule has 1 amide bonds. The van der Waals surface area contributed by atoms with Crippen LogP contribution in [0.2, 0.25) is 0 Å². The first kappa shape index (κ1) is 19.2. The lowest BCUT2D eigenvalue weighted by Gasteiger charge is -2.21. The number of rotatable bonds is 5. The first-order valence-electron chi connectivity index (χ1n) is 8.80. The Bertz CT molecular complexity index is 932. The summed E-state index contributed by atoms with van der Waals surface area (Å²) in [4.78, 5) is 37.5. The Balaban J connectivity index is 1.69. The first-order valence-corrected chi connectivity index (χ1v) is 9.68. The van der Waals surface area contributed by atoms with Gasteiger partial charge in [-0.1, -0.05) is 0 Å². The smallest absolute Gasteiger partial charge is 0.338 e. The van der Waals surface area contributed by atoms with Crippen molar-refractivity contribution in [2.24, 2.45) is 0 Å². The molecule has 0 aliphatic carbocycles. The maximum atomic E-state index is 12.4. The number of ether oxygens (including phenoxy) is 1. The van der Waals surface area contributed by atoms with Gasteiger partial charge < -0.3 is 14.6 Å². The van der Waals surface area contributed by atoms with Gasteiger partial charge in [-0.25, -0.2) is 4.79 Å². The lowest BCUT2D eigenvalue weighted by molar-refractivity contribution is -0.115. The summed E-state index contributed by atoms with van der Waals surface area (Å²) >= 11 is 1.44. The Morgan fingerprint density at radius 3 is 2.67 bits per heavy atom. The van der Waals surface area contributed by atoms with Gasteiger partial charge in [-0.05, 0) is 52.0 Å². The highest BCUT2D eigenvalue weighted by molar-refractivity contribution is 8.00. The van der Waals surface area contributed by atoms with Gasteiger partial charge in [0.1, 0.15) is 0 Å². The van der Waals surface area contributed by atoms with Crippen molar-refractivity contribution in [2.45, 2.75) is 44.4 Å². The Labute approximate surface area is 162 Å². The van der Waals surface area contributed by atoms with Gasteiger partial charge in [0.25, 0.3) is 0 Å². The fourth-order valence-electron chi connectivity index (χ4n) is 3.20. The summed E-state index contributed by atoms with van der Waals surface area (Å²) in [5.74, 6) is -0.917. The van der Waals surface area contributed by atoms with Gasteiger partial charge in [0.05, 0.1) is 16.5 Å². The highest BCUT2D eigenvalue weighted by Crippen LogP contribution is 2.36. The number of nitrogens with zero attached hydrogens (tertiary/aromatic N) is 1. The number of thioether (sulfide) groups is 1. The summed E-state index contributed by atoms with van der Waals surface area (Å²) in [6.07, 6.45) is 0. The molecule has 1 atom stereocenters. The zero-order valence-corrected chi connectivity index (χ0v) is 16.6. The van der Waals surface area contributed by atoms with Crippen LogP contribution in [-0.2, 0) is 16.1 Å². The van der Waals surface area contributed by atoms with Crippen LogP contribution < -0.4 is 5.32 Å². The fraction of sp³-hybridized carbons (Fsp3) is 0.350. The van der Waals surface area contributed by atoms with Crippen LogP contribution in [0.1, 0.15) is 46.0 Å². The number of aryl methyl sites for hydroxylation is 1. The third-order valence-corrected chi connectivity index (χ3v) is 5.85. The third kappa shape index (κ3) is 3.78. The zero-order chi connectivity index (χ0) is 19.7. The van der Waals surface area contributed by atoms with E-state index in [1.54, 1.807) is 18.2 Å². The predicted octanol–water partition coefficient (Wildman–Crippen LogP) is 3.60. The van der Waals surface area contributed by atoms with Crippen molar-refractivity contribution in [3.63, 3.8) is 0 Å². The van der Waals surface area contributed by atoms with E-state index >= 15 is 0 Å². The van der Waals surface area contributed by atoms with Gasteiger partial charge in [-0.2, -0.15) is 0 Å². The molecule has 0 bridgehead atoms. The van der Waals surface area contributed by atoms with E-state index in [0.717, 1.165) is 22.8 Å². The number of esters is 1. The number of aromatic nitrogens is 1. The Hall–Kier alpha value is -2.54. The number of benzene rings is 1. The number of carbonyl (C=O) groups excluding carboxylic acids is 3. The largest absolute Gasteiger partial charge is 0.454 e. The van der Waals surface area contributed by atoms with Gasteiger partial charge in [0.2, 0.25) is 11.7 Å². The molecule has 1 aromatic carbocycles. The van der Waals surface area contributed by atoms with Crippen LogP contribution >= 0.6 is 11.8 Å². The van der Waals surface area contributed by atoms with Gasteiger partial charge in [0, 0.05) is 28.4 Å². The van der Waals surface area contributed by atoms with E-state index in [4.69, 9.17) is 4.74 Å². The van der Waals surface area contributed by atoms with Crippen LogP contribution in [0.4, 0.5) is 5.69 Å². The summed E-state index contributed by atoms with van der Waals surface area (Å²) in [6, 6.07) is 6.83. The van der Waals surface area contributed by atoms with Crippen molar-refractivity contribution in [2.75, 3.05) is 11.9 Å². The van der Waals surface area contributed by atoms with Crippen LogP contribution in [-0.4, -0.2) is 34.1 Å². The standard InChI is InChI=1S/C20H22N2O4S/c1-5-22-11(2)8-15(12(22)3)17(23)10-26-20(25)14-6-7-18-16(9-14)21-19(24)13(4)27-18/h6-9,13H,5,10H2,1-4H3,(H,21,24)/t13-/m1/s1. The first-order chi connectivity index (χ1) is 12.8. The Morgan fingerprint density at radius 2 is 2.00 bits per heavy atom. The van der Waals surface area contributed by atoms with E-state index < -0.39 is 5.97 Å². The van der Waals surface area contributed by atoms with Crippen LogP contribution in [0.3, 0.4) is 0 Å². The molecule has 142 valence electrons. The lowest BCUT2D eigenvalue weighted by Crippen LogP contribution is -2.26. The molecular formula is C20H22N2O4S. The van der Waals surface area contributed by atoms with E-state index in [0.29, 0.717) is 16.8 Å². The average molecular weight is 386 g/mol. The number of carbonyl (C=O) groups is 3. The third-order valence-electron chi connectivity index (χ3n) is 4.67.